The van der Waals surface area contributed by atoms with Gasteiger partial charge < -0.3 is 20.2 Å². The fourth-order valence-corrected chi connectivity index (χ4v) is 9.64. The van der Waals surface area contributed by atoms with Gasteiger partial charge in [0.2, 0.25) is 11.5 Å². The Hall–Kier alpha value is -3.28. The van der Waals surface area contributed by atoms with Crippen LogP contribution in [0.15, 0.2) is 52.5 Å². The second kappa shape index (κ2) is 28.3. The number of Topliss-reactive ketones (excluding diaryl/α,β-unsaturated/α-hetero) is 1. The molecule has 338 valence electrons. The number of phenols is 1. The van der Waals surface area contributed by atoms with Crippen LogP contribution < -0.4 is 4.90 Å². The van der Waals surface area contributed by atoms with Crippen LogP contribution >= 0.6 is 0 Å². The van der Waals surface area contributed by atoms with E-state index in [0.29, 0.717) is 23.0 Å². The number of hydrogen-bond donors (Lipinski definition) is 3. The number of phenolic OH excluding ortho intramolecular Hbond substituents is 1. The number of hydrogen-bond acceptors (Lipinski definition) is 5. The number of unbranched alkanes of at least 4 members (excludes halogenated alkanes) is 16. The quantitative estimate of drug-likeness (QED) is 0.0383. The summed E-state index contributed by atoms with van der Waals surface area (Å²) in [5.74, 6) is 0.707. The van der Waals surface area contributed by atoms with Gasteiger partial charge in [-0.3, -0.25) is 4.79 Å². The van der Waals surface area contributed by atoms with Gasteiger partial charge in [0.1, 0.15) is 30.4 Å². The molecule has 1 aromatic rings. The number of aliphatic hydroxyl groups is 2. The van der Waals surface area contributed by atoms with Crippen molar-refractivity contribution in [2.45, 2.75) is 209 Å². The highest BCUT2D eigenvalue weighted by atomic mass is 16.3. The molecule has 60 heavy (non-hydrogen) atoms. The van der Waals surface area contributed by atoms with Gasteiger partial charge in [-0.25, -0.2) is 4.58 Å². The Kier molecular flexibility index (Phi) is 24.1. The monoisotopic (exact) mass is 830 g/mol. The molecule has 2 aliphatic rings. The highest BCUT2D eigenvalue weighted by Crippen LogP contribution is 2.46. The smallest absolute Gasteiger partial charge is 0.203 e. The molecular weight excluding hydrogens is 741 g/mol. The zero-order valence-corrected chi connectivity index (χ0v) is 39.9. The van der Waals surface area contributed by atoms with Crippen LogP contribution in [0.2, 0.25) is 0 Å². The molecule has 6 heteroatoms. The van der Waals surface area contributed by atoms with Crippen molar-refractivity contribution in [3.63, 3.8) is 0 Å². The molecule has 0 radical (unpaired) electrons. The average Bonchev–Trinajstić information content (AvgIpc) is 3.23. The molecule has 0 bridgehead atoms. The predicted molar refractivity (Wildman–Crippen MR) is 258 cm³/mol. The highest BCUT2D eigenvalue weighted by Gasteiger charge is 2.41. The van der Waals surface area contributed by atoms with Crippen LogP contribution in [0.4, 0.5) is 5.69 Å². The number of carbonyl (C=O) groups excluding carboxylic acids is 1. The van der Waals surface area contributed by atoms with E-state index in [0.717, 1.165) is 48.7 Å². The van der Waals surface area contributed by atoms with Crippen molar-refractivity contribution >= 4 is 22.8 Å². The standard InChI is InChI=1S/C54H88N2O4/c1-9-15-19-23-25-29-33-43(31-27-21-17-11-3)39-55(13-5)45-35-41(7)49(47(57)37-45)51-53(59)52(54(51)60)50-42(8)36-46(38-48(50)58)56(14-6)40-44(32-28-22-18-12-4)34-30-26-24-20-16-10-2/h35-38,43-44H,9-34,39-40H2,1-8H3,(H2,57,58,59,60)/p+1. The number of nitrogens with zero attached hydrogens (tertiary/aromatic N) is 2. The number of aliphatic hydroxyl groups excluding tert-OH is 2. The summed E-state index contributed by atoms with van der Waals surface area (Å²) in [5.41, 5.74) is 4.44. The van der Waals surface area contributed by atoms with E-state index in [1.165, 1.54) is 154 Å². The van der Waals surface area contributed by atoms with Crippen molar-refractivity contribution in [3.05, 3.63) is 63.6 Å². The number of anilines is 1. The number of rotatable bonds is 32. The summed E-state index contributed by atoms with van der Waals surface area (Å²) < 4.78 is 2.37. The van der Waals surface area contributed by atoms with Crippen molar-refractivity contribution in [2.24, 2.45) is 11.8 Å². The third-order valence-electron chi connectivity index (χ3n) is 13.3. The van der Waals surface area contributed by atoms with Crippen LogP contribution in [-0.4, -0.2) is 57.6 Å². The highest BCUT2D eigenvalue weighted by molar-refractivity contribution is 6.40. The molecule has 0 saturated heterocycles. The van der Waals surface area contributed by atoms with Gasteiger partial charge >= 0.3 is 0 Å². The minimum absolute atomic E-state index is 0.00732. The predicted octanol–water partition coefficient (Wildman–Crippen LogP) is 15.2. The summed E-state index contributed by atoms with van der Waals surface area (Å²) in [7, 11) is 0. The summed E-state index contributed by atoms with van der Waals surface area (Å²) >= 11 is 0. The summed E-state index contributed by atoms with van der Waals surface area (Å²) in [4.78, 5) is 16.4. The topological polar surface area (TPSA) is 84.0 Å². The molecular formula is C54H89N2O4+. The lowest BCUT2D eigenvalue weighted by Gasteiger charge is -2.31. The summed E-state index contributed by atoms with van der Waals surface area (Å²) in [6.45, 7) is 20.8. The van der Waals surface area contributed by atoms with Crippen LogP contribution in [0.1, 0.15) is 214 Å². The van der Waals surface area contributed by atoms with Crippen molar-refractivity contribution in [2.75, 3.05) is 31.1 Å². The Bertz CT molecular complexity index is 1580. The molecule has 0 amide bonds. The molecule has 0 heterocycles. The minimum atomic E-state index is -0.346. The maximum absolute atomic E-state index is 14.0. The van der Waals surface area contributed by atoms with Gasteiger partial charge in [-0.15, -0.1) is 0 Å². The number of carbonyl (C=O) groups is 1. The van der Waals surface area contributed by atoms with E-state index in [9.17, 15) is 20.1 Å². The molecule has 0 aromatic heterocycles. The molecule has 0 fully saturated rings. The average molecular weight is 830 g/mol. The lowest BCUT2D eigenvalue weighted by molar-refractivity contribution is -0.530. The first-order chi connectivity index (χ1) is 29.1. The fraction of sp³-hybridized carbons (Fsp3) is 0.704. The number of ketones is 1. The first-order valence-electron chi connectivity index (χ1n) is 25.1. The second-order valence-electron chi connectivity index (χ2n) is 18.4. The Balaban J connectivity index is 1.84. The summed E-state index contributed by atoms with van der Waals surface area (Å²) in [6.07, 6.45) is 34.6. The van der Waals surface area contributed by atoms with Gasteiger partial charge in [0.25, 0.3) is 0 Å². The SMILES string of the molecule is CCCCCCCCC(CCCCCC)CN(CC)c1cc(C)c(C2=C(O)/C(=C3C(C)=C/C(=[N+](\CC)CC(CCCCCC)CCCCCCCC)C=C\3O)C2=O)c(O)c1. The third-order valence-corrected chi connectivity index (χ3v) is 13.3. The van der Waals surface area contributed by atoms with E-state index in [4.69, 9.17) is 0 Å². The van der Waals surface area contributed by atoms with Crippen LogP contribution in [0, 0.1) is 18.8 Å². The maximum Gasteiger partial charge on any atom is 0.203 e. The lowest BCUT2D eigenvalue weighted by Crippen LogP contribution is -2.30. The van der Waals surface area contributed by atoms with E-state index >= 15 is 0 Å². The van der Waals surface area contributed by atoms with Crippen molar-refractivity contribution in [1.29, 1.82) is 0 Å². The Morgan fingerprint density at radius 2 is 1.07 bits per heavy atom. The van der Waals surface area contributed by atoms with Crippen molar-refractivity contribution in [3.8, 4) is 5.75 Å². The third kappa shape index (κ3) is 15.6. The maximum atomic E-state index is 14.0. The van der Waals surface area contributed by atoms with Gasteiger partial charge in [-0.2, -0.15) is 0 Å². The molecule has 2 atom stereocenters. The molecule has 1 aromatic carbocycles. The van der Waals surface area contributed by atoms with E-state index in [1.807, 2.05) is 13.8 Å². The van der Waals surface area contributed by atoms with Gasteiger partial charge in [0.05, 0.1) is 17.2 Å². The van der Waals surface area contributed by atoms with E-state index < -0.39 is 0 Å². The zero-order valence-electron chi connectivity index (χ0n) is 39.9. The molecule has 2 aliphatic carbocycles. The first-order valence-corrected chi connectivity index (χ1v) is 25.1. The van der Waals surface area contributed by atoms with E-state index in [1.54, 1.807) is 12.1 Å². The van der Waals surface area contributed by atoms with Crippen LogP contribution in [-0.2, 0) is 4.79 Å². The van der Waals surface area contributed by atoms with Gasteiger partial charge in [0, 0.05) is 48.0 Å². The Labute approximate surface area is 368 Å². The van der Waals surface area contributed by atoms with Crippen LogP contribution in [0.25, 0.3) is 5.57 Å². The molecule has 3 N–H and O–H groups in total. The Morgan fingerprint density at radius 1 is 0.583 bits per heavy atom. The van der Waals surface area contributed by atoms with Gasteiger partial charge in [0.15, 0.2) is 0 Å². The van der Waals surface area contributed by atoms with E-state index in [2.05, 4.69) is 63.2 Å². The summed E-state index contributed by atoms with van der Waals surface area (Å²) in [6, 6.07) is 3.83. The second-order valence-corrected chi connectivity index (χ2v) is 18.4. The number of aryl methyl sites for hydroxylation is 1. The fourth-order valence-electron chi connectivity index (χ4n) is 9.64. The van der Waals surface area contributed by atoms with Crippen molar-refractivity contribution < 1.29 is 24.7 Å². The van der Waals surface area contributed by atoms with Crippen LogP contribution in [0.5, 0.6) is 5.75 Å². The molecule has 3 rings (SSSR count). The zero-order chi connectivity index (χ0) is 43.9. The minimum Gasteiger partial charge on any atom is -0.507 e. The molecule has 0 aliphatic heterocycles. The number of allylic oxidation sites excluding steroid dienone is 5. The largest absolute Gasteiger partial charge is 0.507 e. The normalized spacial score (nSPS) is 17.4. The van der Waals surface area contributed by atoms with Crippen LogP contribution in [0.3, 0.4) is 0 Å². The van der Waals surface area contributed by atoms with Crippen molar-refractivity contribution in [1.82, 2.24) is 0 Å². The van der Waals surface area contributed by atoms with Gasteiger partial charge in [-0.05, 0) is 76.5 Å². The molecule has 2 unspecified atom stereocenters. The number of benzene rings is 1. The van der Waals surface area contributed by atoms with Gasteiger partial charge in [-0.1, -0.05) is 156 Å². The lowest BCUT2D eigenvalue weighted by atomic mass is 9.76. The van der Waals surface area contributed by atoms with E-state index in [-0.39, 0.29) is 34.2 Å². The first kappa shape index (κ1) is 51.1. The number of aromatic hydroxyl groups is 1. The molecule has 6 nitrogen and oxygen atoms in total. The molecule has 0 saturated carbocycles. The Morgan fingerprint density at radius 3 is 1.52 bits per heavy atom. The summed E-state index contributed by atoms with van der Waals surface area (Å²) in [5, 5.41) is 34.6. The molecule has 0 spiro atoms.